The Morgan fingerprint density at radius 3 is 2.90 bits per heavy atom. The Morgan fingerprint density at radius 2 is 2.10 bits per heavy atom. The van der Waals surface area contributed by atoms with Crippen molar-refractivity contribution in [2.75, 3.05) is 37.7 Å². The second-order valence-corrected chi connectivity index (χ2v) is 10.2. The molecule has 7 nitrogen and oxygen atoms in total. The number of piperidine rings is 1. The quantitative estimate of drug-likeness (QED) is 0.717. The molecular formula is C22H29ClFN5O2. The normalized spacial score (nSPS) is 31.4. The van der Waals surface area contributed by atoms with Crippen molar-refractivity contribution in [1.82, 2.24) is 19.9 Å². The van der Waals surface area contributed by atoms with Crippen molar-refractivity contribution < 1.29 is 14.2 Å². The second-order valence-electron chi connectivity index (χ2n) is 9.85. The van der Waals surface area contributed by atoms with E-state index in [0.29, 0.717) is 43.2 Å². The van der Waals surface area contributed by atoms with Crippen LogP contribution in [0.4, 0.5) is 10.2 Å². The molecule has 0 saturated carbocycles. The topological polar surface area (TPSA) is 74.6 Å². The van der Waals surface area contributed by atoms with Crippen molar-refractivity contribution in [2.45, 2.75) is 57.1 Å². The van der Waals surface area contributed by atoms with Crippen molar-refractivity contribution in [3.05, 3.63) is 17.2 Å². The van der Waals surface area contributed by atoms with E-state index >= 15 is 0 Å². The van der Waals surface area contributed by atoms with Gasteiger partial charge in [0.15, 0.2) is 11.0 Å². The Labute approximate surface area is 186 Å². The molecule has 3 atom stereocenters. The number of pyridine rings is 1. The molecule has 3 saturated heterocycles. The SMILES string of the molecule is C[C@H]1CN2CCC[C@@]2(COc2nc(N3CCC[C@@](C)(O)C3)c3cnc(Cl)c(F)c3n2)C1. The van der Waals surface area contributed by atoms with E-state index in [1.807, 2.05) is 11.8 Å². The molecular weight excluding hydrogens is 421 g/mol. The van der Waals surface area contributed by atoms with E-state index in [-0.39, 0.29) is 22.2 Å². The Hall–Kier alpha value is -1.77. The largest absolute Gasteiger partial charge is 0.461 e. The van der Waals surface area contributed by atoms with E-state index in [1.54, 1.807) is 0 Å². The van der Waals surface area contributed by atoms with Gasteiger partial charge in [0.25, 0.3) is 0 Å². The predicted octanol–water partition coefficient (Wildman–Crippen LogP) is 3.42. The average Bonchev–Trinajstić information content (AvgIpc) is 3.24. The molecule has 0 radical (unpaired) electrons. The highest BCUT2D eigenvalue weighted by atomic mass is 35.5. The molecule has 2 aromatic heterocycles. The summed E-state index contributed by atoms with van der Waals surface area (Å²) in [6.45, 7) is 7.87. The number of anilines is 1. The molecule has 2 aromatic rings. The van der Waals surface area contributed by atoms with Gasteiger partial charge in [-0.1, -0.05) is 18.5 Å². The smallest absolute Gasteiger partial charge is 0.319 e. The van der Waals surface area contributed by atoms with Crippen LogP contribution in [-0.4, -0.2) is 68.9 Å². The summed E-state index contributed by atoms with van der Waals surface area (Å²) in [6.07, 6.45) is 6.38. The highest BCUT2D eigenvalue weighted by molar-refractivity contribution is 6.30. The number of rotatable bonds is 4. The van der Waals surface area contributed by atoms with Crippen LogP contribution in [0.1, 0.15) is 46.0 Å². The molecule has 3 aliphatic heterocycles. The Kier molecular flexibility index (Phi) is 5.22. The third-order valence-electron chi connectivity index (χ3n) is 7.05. The average molecular weight is 450 g/mol. The lowest BCUT2D eigenvalue weighted by Crippen LogP contribution is -2.46. The lowest BCUT2D eigenvalue weighted by Gasteiger charge is -2.38. The Balaban J connectivity index is 1.50. The van der Waals surface area contributed by atoms with Crippen LogP contribution < -0.4 is 9.64 Å². The summed E-state index contributed by atoms with van der Waals surface area (Å²) in [7, 11) is 0. The molecule has 5 rings (SSSR count). The number of hydrogen-bond acceptors (Lipinski definition) is 7. The summed E-state index contributed by atoms with van der Waals surface area (Å²) >= 11 is 5.94. The maximum Gasteiger partial charge on any atom is 0.319 e. The van der Waals surface area contributed by atoms with E-state index in [0.717, 1.165) is 32.4 Å². The van der Waals surface area contributed by atoms with E-state index < -0.39 is 11.4 Å². The molecule has 1 N–H and O–H groups in total. The molecule has 0 amide bonds. The van der Waals surface area contributed by atoms with E-state index in [4.69, 9.17) is 16.3 Å². The molecule has 0 spiro atoms. The first-order valence-corrected chi connectivity index (χ1v) is 11.5. The van der Waals surface area contributed by atoms with Crippen LogP contribution in [0.15, 0.2) is 6.20 Å². The van der Waals surface area contributed by atoms with Gasteiger partial charge in [-0.2, -0.15) is 9.97 Å². The van der Waals surface area contributed by atoms with Crippen LogP contribution in [0.25, 0.3) is 10.9 Å². The third kappa shape index (κ3) is 3.83. The standard InChI is InChI=1S/C22H29ClFN5O2/c1-14-9-22(6-4-8-29(22)11-14)13-31-20-26-17-15(10-25-18(23)16(17)24)19(27-20)28-7-3-5-21(2,30)12-28/h10,14,30H,3-9,11-13H2,1-2H3/t14-,21-,22+/m1/s1. The number of ether oxygens (including phenoxy) is 1. The van der Waals surface area contributed by atoms with E-state index in [2.05, 4.69) is 26.8 Å². The van der Waals surface area contributed by atoms with Gasteiger partial charge in [0, 0.05) is 25.8 Å². The number of halogens is 2. The summed E-state index contributed by atoms with van der Waals surface area (Å²) in [5.41, 5.74) is -0.717. The summed E-state index contributed by atoms with van der Waals surface area (Å²) < 4.78 is 21.0. The summed E-state index contributed by atoms with van der Waals surface area (Å²) in [4.78, 5) is 17.5. The number of fused-ring (bicyclic) bond motifs is 2. The zero-order valence-electron chi connectivity index (χ0n) is 18.1. The molecule has 0 aromatic carbocycles. The second kappa shape index (κ2) is 7.67. The molecule has 3 aliphatic rings. The minimum absolute atomic E-state index is 0.0150. The molecule has 31 heavy (non-hydrogen) atoms. The molecule has 3 fully saturated rings. The number of hydrogen-bond donors (Lipinski definition) is 1. The fourth-order valence-corrected chi connectivity index (χ4v) is 5.87. The molecule has 0 aliphatic carbocycles. The zero-order chi connectivity index (χ0) is 21.8. The van der Waals surface area contributed by atoms with Gasteiger partial charge in [-0.25, -0.2) is 9.37 Å². The monoisotopic (exact) mass is 449 g/mol. The van der Waals surface area contributed by atoms with Crippen LogP contribution in [0.5, 0.6) is 6.01 Å². The maximum atomic E-state index is 14.9. The highest BCUT2D eigenvalue weighted by Gasteiger charge is 2.47. The summed E-state index contributed by atoms with van der Waals surface area (Å²) in [5, 5.41) is 10.8. The lowest BCUT2D eigenvalue weighted by molar-refractivity contribution is 0.0447. The molecule has 0 bridgehead atoms. The van der Waals surface area contributed by atoms with Crippen LogP contribution >= 0.6 is 11.6 Å². The fourth-order valence-electron chi connectivity index (χ4n) is 5.73. The van der Waals surface area contributed by atoms with Crippen molar-refractivity contribution >= 4 is 28.3 Å². The molecule has 9 heteroatoms. The van der Waals surface area contributed by atoms with Crippen molar-refractivity contribution in [1.29, 1.82) is 0 Å². The van der Waals surface area contributed by atoms with E-state index in [1.165, 1.54) is 12.6 Å². The molecule has 168 valence electrons. The van der Waals surface area contributed by atoms with Crippen molar-refractivity contribution in [3.8, 4) is 6.01 Å². The van der Waals surface area contributed by atoms with Crippen LogP contribution in [0, 0.1) is 11.7 Å². The first-order chi connectivity index (χ1) is 14.8. The molecule has 5 heterocycles. The van der Waals surface area contributed by atoms with Gasteiger partial charge >= 0.3 is 6.01 Å². The van der Waals surface area contributed by atoms with Gasteiger partial charge in [-0.05, 0) is 51.5 Å². The predicted molar refractivity (Wildman–Crippen MR) is 117 cm³/mol. The van der Waals surface area contributed by atoms with Crippen LogP contribution in [0.2, 0.25) is 5.15 Å². The lowest BCUT2D eigenvalue weighted by atomic mass is 9.92. The zero-order valence-corrected chi connectivity index (χ0v) is 18.8. The maximum absolute atomic E-state index is 14.9. The number of aromatic nitrogens is 3. The number of aliphatic hydroxyl groups is 1. The highest BCUT2D eigenvalue weighted by Crippen LogP contribution is 2.42. The van der Waals surface area contributed by atoms with Gasteiger partial charge in [0.2, 0.25) is 0 Å². The first kappa shape index (κ1) is 21.1. The van der Waals surface area contributed by atoms with Gasteiger partial charge < -0.3 is 14.7 Å². The van der Waals surface area contributed by atoms with Gasteiger partial charge in [0.05, 0.1) is 16.5 Å². The Morgan fingerprint density at radius 1 is 1.29 bits per heavy atom. The van der Waals surface area contributed by atoms with Crippen LogP contribution in [-0.2, 0) is 0 Å². The number of β-amino-alcohol motifs (C(OH)–C–C–N with tert-alkyl or cyclic N) is 1. The Bertz CT molecular complexity index is 1010. The summed E-state index contributed by atoms with van der Waals surface area (Å²) in [5.74, 6) is 0.491. The first-order valence-electron chi connectivity index (χ1n) is 11.1. The van der Waals surface area contributed by atoms with E-state index in [9.17, 15) is 9.50 Å². The van der Waals surface area contributed by atoms with Gasteiger partial charge in [0.1, 0.15) is 17.9 Å². The van der Waals surface area contributed by atoms with Gasteiger partial charge in [-0.3, -0.25) is 4.90 Å². The van der Waals surface area contributed by atoms with Gasteiger partial charge in [-0.15, -0.1) is 0 Å². The number of nitrogens with zero attached hydrogens (tertiary/aromatic N) is 5. The fraction of sp³-hybridized carbons (Fsp3) is 0.682. The van der Waals surface area contributed by atoms with Crippen LogP contribution in [0.3, 0.4) is 0 Å². The minimum atomic E-state index is -0.835. The van der Waals surface area contributed by atoms with Crippen molar-refractivity contribution in [3.63, 3.8) is 0 Å². The minimum Gasteiger partial charge on any atom is -0.461 e. The molecule has 0 unspecified atom stereocenters. The third-order valence-corrected chi connectivity index (χ3v) is 7.31. The summed E-state index contributed by atoms with van der Waals surface area (Å²) in [6, 6.07) is 0.148. The van der Waals surface area contributed by atoms with Crippen molar-refractivity contribution in [2.24, 2.45) is 5.92 Å².